The Hall–Kier alpha value is -1.82. The van der Waals surface area contributed by atoms with Crippen LogP contribution < -0.4 is 15.8 Å². The summed E-state index contributed by atoms with van der Waals surface area (Å²) in [5, 5.41) is 2.81. The first kappa shape index (κ1) is 13.6. The second kappa shape index (κ2) is 5.44. The van der Waals surface area contributed by atoms with Crippen LogP contribution in [0.15, 0.2) is 34.8 Å². The number of rotatable bonds is 3. The first-order valence-electron chi connectivity index (χ1n) is 5.36. The van der Waals surface area contributed by atoms with E-state index in [9.17, 15) is 8.78 Å². The second-order valence-electron chi connectivity index (χ2n) is 3.82. The molecule has 0 fully saturated rings. The average molecular weight is 329 g/mol. The molecule has 0 aliphatic rings. The van der Waals surface area contributed by atoms with Crippen LogP contribution in [0.4, 0.5) is 25.8 Å². The van der Waals surface area contributed by atoms with Crippen molar-refractivity contribution in [3.8, 4) is 5.75 Å². The quantitative estimate of drug-likeness (QED) is 0.835. The van der Waals surface area contributed by atoms with Gasteiger partial charge in [-0.25, -0.2) is 8.78 Å². The summed E-state index contributed by atoms with van der Waals surface area (Å²) in [5.74, 6) is -0.432. The van der Waals surface area contributed by atoms with Crippen molar-refractivity contribution in [3.63, 3.8) is 0 Å². The summed E-state index contributed by atoms with van der Waals surface area (Å²) in [5.41, 5.74) is 6.47. The zero-order valence-electron chi connectivity index (χ0n) is 10.0. The Morgan fingerprint density at radius 3 is 2.53 bits per heavy atom. The van der Waals surface area contributed by atoms with Crippen molar-refractivity contribution in [1.29, 1.82) is 0 Å². The number of nitrogens with one attached hydrogen (secondary N) is 1. The van der Waals surface area contributed by atoms with E-state index in [0.29, 0.717) is 11.4 Å². The fourth-order valence-electron chi connectivity index (χ4n) is 1.54. The molecule has 2 aromatic rings. The van der Waals surface area contributed by atoms with Crippen molar-refractivity contribution in [3.05, 3.63) is 46.4 Å². The molecule has 6 heteroatoms. The third kappa shape index (κ3) is 2.96. The molecule has 0 heterocycles. The molecule has 3 nitrogen and oxygen atoms in total. The number of benzene rings is 2. The minimum atomic E-state index is -0.478. The first-order chi connectivity index (χ1) is 9.01. The van der Waals surface area contributed by atoms with Crippen LogP contribution in [-0.2, 0) is 0 Å². The van der Waals surface area contributed by atoms with Crippen LogP contribution in [-0.4, -0.2) is 7.11 Å². The van der Waals surface area contributed by atoms with E-state index in [4.69, 9.17) is 10.5 Å². The van der Waals surface area contributed by atoms with Gasteiger partial charge in [0.25, 0.3) is 0 Å². The van der Waals surface area contributed by atoms with Crippen molar-refractivity contribution in [2.75, 3.05) is 18.2 Å². The van der Waals surface area contributed by atoms with E-state index in [1.807, 2.05) is 0 Å². The number of halogens is 3. The van der Waals surface area contributed by atoms with Gasteiger partial charge < -0.3 is 15.8 Å². The maximum Gasteiger partial charge on any atom is 0.146 e. The lowest BCUT2D eigenvalue weighted by Crippen LogP contribution is -2.00. The zero-order chi connectivity index (χ0) is 14.0. The standard InChI is InChI=1S/C13H11BrF2N2O/c1-19-7-2-3-9(15)12(4-7)18-13-5-8(14)10(16)6-11(13)17/h2-6,18H,17H2,1H3. The summed E-state index contributed by atoms with van der Waals surface area (Å²) in [6.07, 6.45) is 0. The number of nitrogen functional groups attached to an aromatic ring is 1. The summed E-state index contributed by atoms with van der Waals surface area (Å²) in [6, 6.07) is 6.88. The molecular weight excluding hydrogens is 318 g/mol. The Labute approximate surface area is 117 Å². The Kier molecular flexibility index (Phi) is 3.90. The van der Waals surface area contributed by atoms with E-state index in [-0.39, 0.29) is 15.8 Å². The van der Waals surface area contributed by atoms with Gasteiger partial charge in [-0.3, -0.25) is 0 Å². The van der Waals surface area contributed by atoms with Gasteiger partial charge in [0.15, 0.2) is 0 Å². The molecular formula is C13H11BrF2N2O. The van der Waals surface area contributed by atoms with E-state index in [1.54, 1.807) is 0 Å². The lowest BCUT2D eigenvalue weighted by atomic mass is 10.2. The van der Waals surface area contributed by atoms with E-state index in [1.165, 1.54) is 31.4 Å². The molecule has 0 aliphatic heterocycles. The summed E-state index contributed by atoms with van der Waals surface area (Å²) in [6.45, 7) is 0. The Balaban J connectivity index is 2.38. The molecule has 0 aromatic heterocycles. The Bertz CT molecular complexity index is 620. The monoisotopic (exact) mass is 328 g/mol. The van der Waals surface area contributed by atoms with Crippen molar-refractivity contribution >= 4 is 33.0 Å². The van der Waals surface area contributed by atoms with Gasteiger partial charge in [0.1, 0.15) is 17.4 Å². The number of hydrogen-bond acceptors (Lipinski definition) is 3. The smallest absolute Gasteiger partial charge is 0.146 e. The maximum absolute atomic E-state index is 13.7. The maximum atomic E-state index is 13.7. The van der Waals surface area contributed by atoms with Crippen molar-refractivity contribution in [1.82, 2.24) is 0 Å². The van der Waals surface area contributed by atoms with Crippen molar-refractivity contribution in [2.45, 2.75) is 0 Å². The van der Waals surface area contributed by atoms with Gasteiger partial charge in [-0.2, -0.15) is 0 Å². The Morgan fingerprint density at radius 1 is 1.11 bits per heavy atom. The minimum Gasteiger partial charge on any atom is -0.497 e. The van der Waals surface area contributed by atoms with Crippen LogP contribution in [0, 0.1) is 11.6 Å². The highest BCUT2D eigenvalue weighted by molar-refractivity contribution is 9.10. The largest absolute Gasteiger partial charge is 0.497 e. The molecule has 0 saturated carbocycles. The van der Waals surface area contributed by atoms with Gasteiger partial charge in [-0.05, 0) is 34.1 Å². The summed E-state index contributed by atoms with van der Waals surface area (Å²) >= 11 is 3.05. The van der Waals surface area contributed by atoms with E-state index in [2.05, 4.69) is 21.2 Å². The van der Waals surface area contributed by atoms with Gasteiger partial charge >= 0.3 is 0 Å². The van der Waals surface area contributed by atoms with Gasteiger partial charge in [0, 0.05) is 12.1 Å². The number of methoxy groups -OCH3 is 1. The normalized spacial score (nSPS) is 10.3. The predicted molar refractivity (Wildman–Crippen MR) is 74.7 cm³/mol. The third-order valence-electron chi connectivity index (χ3n) is 2.54. The highest BCUT2D eigenvalue weighted by Gasteiger charge is 2.09. The molecule has 3 N–H and O–H groups in total. The minimum absolute atomic E-state index is 0.183. The lowest BCUT2D eigenvalue weighted by molar-refractivity contribution is 0.414. The molecule has 2 rings (SSSR count). The first-order valence-corrected chi connectivity index (χ1v) is 6.15. The summed E-state index contributed by atoms with van der Waals surface area (Å²) in [7, 11) is 1.49. The van der Waals surface area contributed by atoms with Crippen LogP contribution in [0.5, 0.6) is 5.75 Å². The predicted octanol–water partition coefficient (Wildman–Crippen LogP) is 4.06. The van der Waals surface area contributed by atoms with E-state index < -0.39 is 11.6 Å². The molecule has 0 amide bonds. The molecule has 100 valence electrons. The fraction of sp³-hybridized carbons (Fsp3) is 0.0769. The molecule has 2 aromatic carbocycles. The van der Waals surface area contributed by atoms with Crippen LogP contribution in [0.25, 0.3) is 0 Å². The van der Waals surface area contributed by atoms with Crippen molar-refractivity contribution in [2.24, 2.45) is 0 Å². The summed E-state index contributed by atoms with van der Waals surface area (Å²) in [4.78, 5) is 0. The van der Waals surface area contributed by atoms with Gasteiger partial charge in [0.2, 0.25) is 0 Å². The zero-order valence-corrected chi connectivity index (χ0v) is 11.6. The van der Waals surface area contributed by atoms with E-state index in [0.717, 1.165) is 6.07 Å². The van der Waals surface area contributed by atoms with Crippen LogP contribution in [0.2, 0.25) is 0 Å². The highest BCUT2D eigenvalue weighted by Crippen LogP contribution is 2.31. The molecule has 0 spiro atoms. The highest BCUT2D eigenvalue weighted by atomic mass is 79.9. The average Bonchev–Trinajstić information content (AvgIpc) is 2.38. The fourth-order valence-corrected chi connectivity index (χ4v) is 1.89. The SMILES string of the molecule is COc1ccc(F)c(Nc2cc(Br)c(F)cc2N)c1. The van der Waals surface area contributed by atoms with Gasteiger partial charge in [-0.15, -0.1) is 0 Å². The van der Waals surface area contributed by atoms with Gasteiger partial charge in [-0.1, -0.05) is 0 Å². The summed E-state index contributed by atoms with van der Waals surface area (Å²) < 4.78 is 32.2. The van der Waals surface area contributed by atoms with Crippen molar-refractivity contribution < 1.29 is 13.5 Å². The number of ether oxygens (including phenoxy) is 1. The van der Waals surface area contributed by atoms with Gasteiger partial charge in [0.05, 0.1) is 28.6 Å². The van der Waals surface area contributed by atoms with Crippen LogP contribution in [0.3, 0.4) is 0 Å². The topological polar surface area (TPSA) is 47.3 Å². The lowest BCUT2D eigenvalue weighted by Gasteiger charge is -2.12. The number of nitrogens with two attached hydrogens (primary N) is 1. The van der Waals surface area contributed by atoms with Crippen LogP contribution >= 0.6 is 15.9 Å². The molecule has 0 aliphatic carbocycles. The molecule has 0 radical (unpaired) electrons. The molecule has 0 atom stereocenters. The number of anilines is 3. The molecule has 0 unspecified atom stereocenters. The molecule has 19 heavy (non-hydrogen) atoms. The second-order valence-corrected chi connectivity index (χ2v) is 4.68. The molecule has 0 bridgehead atoms. The number of hydrogen-bond donors (Lipinski definition) is 2. The molecule has 0 saturated heterocycles. The van der Waals surface area contributed by atoms with E-state index >= 15 is 0 Å². The van der Waals surface area contributed by atoms with Crippen LogP contribution in [0.1, 0.15) is 0 Å². The third-order valence-corrected chi connectivity index (χ3v) is 3.14. The Morgan fingerprint density at radius 2 is 1.84 bits per heavy atom.